The zero-order chi connectivity index (χ0) is 30.5. The van der Waals surface area contributed by atoms with Gasteiger partial charge in [0.1, 0.15) is 28.3 Å². The summed E-state index contributed by atoms with van der Waals surface area (Å²) in [6.07, 6.45) is 1.63. The van der Waals surface area contributed by atoms with Gasteiger partial charge in [-0.15, -0.1) is 0 Å². The minimum Gasteiger partial charge on any atom is -0.507 e. The highest BCUT2D eigenvalue weighted by atomic mass is 16.5. The lowest BCUT2D eigenvalue weighted by molar-refractivity contribution is -0.119. The van der Waals surface area contributed by atoms with E-state index in [-0.39, 0.29) is 52.4 Å². The number of carbonyl (C=O) groups is 1. The van der Waals surface area contributed by atoms with E-state index < -0.39 is 22.8 Å². The van der Waals surface area contributed by atoms with Crippen LogP contribution >= 0.6 is 0 Å². The van der Waals surface area contributed by atoms with Gasteiger partial charge in [-0.1, -0.05) is 66.7 Å². The van der Waals surface area contributed by atoms with Crippen LogP contribution < -0.4 is 10.2 Å². The second kappa shape index (κ2) is 12.7. The molecule has 0 fully saturated rings. The summed E-state index contributed by atoms with van der Waals surface area (Å²) in [4.78, 5) is 26.7. The number of rotatable bonds is 11. The number of fused-ring (bicyclic) bond motifs is 1. The second-order valence-electron chi connectivity index (χ2n) is 10.5. The number of ketones is 1. The van der Waals surface area contributed by atoms with Crippen LogP contribution in [0.2, 0.25) is 0 Å². The average Bonchev–Trinajstić information content (AvgIpc) is 3.01. The van der Waals surface area contributed by atoms with Crippen molar-refractivity contribution in [2.45, 2.75) is 38.0 Å². The Bertz CT molecular complexity index is 1810. The van der Waals surface area contributed by atoms with Gasteiger partial charge in [-0.3, -0.25) is 9.59 Å². The monoisotopic (exact) mass is 580 g/mol. The van der Waals surface area contributed by atoms with Crippen molar-refractivity contribution >= 4 is 16.8 Å². The van der Waals surface area contributed by atoms with Gasteiger partial charge < -0.3 is 29.6 Å². The molecular formula is C35H32O8. The maximum atomic E-state index is 13.4. The van der Waals surface area contributed by atoms with Crippen LogP contribution in [0, 0.1) is 0 Å². The second-order valence-corrected chi connectivity index (χ2v) is 10.5. The van der Waals surface area contributed by atoms with Gasteiger partial charge in [-0.25, -0.2) is 0 Å². The van der Waals surface area contributed by atoms with Crippen LogP contribution in [0.1, 0.15) is 41.9 Å². The number of hydrogen-bond donors (Lipinski definition) is 4. The summed E-state index contributed by atoms with van der Waals surface area (Å²) in [7, 11) is 1.45. The van der Waals surface area contributed by atoms with Crippen LogP contribution in [0.3, 0.4) is 0 Å². The van der Waals surface area contributed by atoms with Gasteiger partial charge in [-0.2, -0.15) is 0 Å². The first-order valence-electron chi connectivity index (χ1n) is 14.0. The average molecular weight is 581 g/mol. The fourth-order valence-electron chi connectivity index (χ4n) is 5.40. The minimum absolute atomic E-state index is 0.00362. The molecule has 220 valence electrons. The highest BCUT2D eigenvalue weighted by Gasteiger charge is 2.28. The first-order valence-corrected chi connectivity index (χ1v) is 14.0. The number of aromatic hydroxyl groups is 4. The van der Waals surface area contributed by atoms with Crippen LogP contribution in [-0.2, 0) is 17.6 Å². The summed E-state index contributed by atoms with van der Waals surface area (Å²) in [6, 6.07) is 24.2. The molecule has 0 aliphatic heterocycles. The third-order valence-electron chi connectivity index (χ3n) is 7.62. The summed E-state index contributed by atoms with van der Waals surface area (Å²) in [5.41, 5.74) is 1.53. The molecule has 1 aromatic heterocycles. The van der Waals surface area contributed by atoms with Crippen molar-refractivity contribution in [1.82, 2.24) is 0 Å². The summed E-state index contributed by atoms with van der Waals surface area (Å²) in [5.74, 6) is -2.03. The van der Waals surface area contributed by atoms with Crippen molar-refractivity contribution in [1.29, 1.82) is 0 Å². The molecule has 0 aliphatic rings. The van der Waals surface area contributed by atoms with Crippen molar-refractivity contribution < 1.29 is 34.4 Å². The molecule has 1 heterocycles. The molecule has 0 spiro atoms. The molecule has 1 unspecified atom stereocenters. The summed E-state index contributed by atoms with van der Waals surface area (Å²) in [5, 5.41) is 42.3. The Kier molecular flexibility index (Phi) is 8.66. The van der Waals surface area contributed by atoms with E-state index in [1.54, 1.807) is 42.5 Å². The van der Waals surface area contributed by atoms with Gasteiger partial charge in [0.25, 0.3) is 0 Å². The van der Waals surface area contributed by atoms with Crippen molar-refractivity contribution in [2.24, 2.45) is 0 Å². The SMILES string of the molecule is COc1cc(CCC(CC(=O)CCc2ccccc2)c2c(O)cc(O)c3c(=O)c(O)c(-c4ccccc4)oc23)ccc1O. The standard InChI is InChI=1S/C35H32O8/c1-42-29-18-22(14-17-26(29)37)12-15-24(19-25(36)16-13-21-8-4-2-5-9-21)30-27(38)20-28(39)31-32(40)33(41)34(43-35(30)31)23-10-6-3-7-11-23/h2-11,14,17-18,20,24,37-39,41H,12-13,15-16,19H2,1H3. The summed E-state index contributed by atoms with van der Waals surface area (Å²) in [6.45, 7) is 0. The Labute approximate surface area is 248 Å². The maximum absolute atomic E-state index is 13.4. The van der Waals surface area contributed by atoms with E-state index in [0.717, 1.165) is 17.2 Å². The Morgan fingerprint density at radius 3 is 2.21 bits per heavy atom. The number of carbonyl (C=O) groups excluding carboxylic acids is 1. The normalized spacial score (nSPS) is 11.8. The smallest absolute Gasteiger partial charge is 0.238 e. The molecule has 0 saturated carbocycles. The topological polar surface area (TPSA) is 137 Å². The predicted molar refractivity (Wildman–Crippen MR) is 163 cm³/mol. The van der Waals surface area contributed by atoms with Crippen molar-refractivity contribution in [3.05, 3.63) is 112 Å². The number of ether oxygens (including phenoxy) is 1. The zero-order valence-corrected chi connectivity index (χ0v) is 23.6. The molecule has 0 saturated heterocycles. The molecule has 5 rings (SSSR count). The Morgan fingerprint density at radius 1 is 0.814 bits per heavy atom. The van der Waals surface area contributed by atoms with Gasteiger partial charge >= 0.3 is 0 Å². The van der Waals surface area contributed by atoms with E-state index in [4.69, 9.17) is 9.15 Å². The number of Topliss-reactive ketones (excluding diaryl/α,β-unsaturated/α-hetero) is 1. The molecule has 0 aliphatic carbocycles. The highest BCUT2D eigenvalue weighted by molar-refractivity contribution is 5.92. The van der Waals surface area contributed by atoms with Gasteiger partial charge in [0.15, 0.2) is 17.3 Å². The Morgan fingerprint density at radius 2 is 1.51 bits per heavy atom. The fraction of sp³-hybridized carbons (Fsp3) is 0.200. The number of phenolic OH excluding ortho intramolecular Hbond substituents is 3. The van der Waals surface area contributed by atoms with Crippen LogP contribution in [0.25, 0.3) is 22.3 Å². The van der Waals surface area contributed by atoms with Crippen LogP contribution in [0.5, 0.6) is 28.7 Å². The van der Waals surface area contributed by atoms with E-state index in [2.05, 4.69) is 0 Å². The van der Waals surface area contributed by atoms with E-state index in [0.29, 0.717) is 30.6 Å². The van der Waals surface area contributed by atoms with Gasteiger partial charge in [0.2, 0.25) is 11.2 Å². The summed E-state index contributed by atoms with van der Waals surface area (Å²) < 4.78 is 11.4. The van der Waals surface area contributed by atoms with Gasteiger partial charge in [-0.05, 0) is 48.4 Å². The molecule has 0 amide bonds. The van der Waals surface area contributed by atoms with E-state index >= 15 is 0 Å². The molecule has 0 bridgehead atoms. The van der Waals surface area contributed by atoms with Crippen LogP contribution in [0.15, 0.2) is 94.1 Å². The number of benzene rings is 4. The number of methoxy groups -OCH3 is 1. The zero-order valence-electron chi connectivity index (χ0n) is 23.6. The lowest BCUT2D eigenvalue weighted by Gasteiger charge is -2.21. The first-order chi connectivity index (χ1) is 20.8. The molecule has 5 aromatic rings. The van der Waals surface area contributed by atoms with Crippen molar-refractivity contribution in [2.75, 3.05) is 7.11 Å². The highest BCUT2D eigenvalue weighted by Crippen LogP contribution is 2.44. The van der Waals surface area contributed by atoms with Gasteiger partial charge in [0.05, 0.1) is 7.11 Å². The number of aryl methyl sites for hydroxylation is 2. The lowest BCUT2D eigenvalue weighted by atomic mass is 9.85. The largest absolute Gasteiger partial charge is 0.507 e. The number of phenols is 3. The van der Waals surface area contributed by atoms with E-state index in [1.807, 2.05) is 30.3 Å². The third kappa shape index (κ3) is 6.33. The molecule has 4 N–H and O–H groups in total. The van der Waals surface area contributed by atoms with Crippen LogP contribution in [-0.4, -0.2) is 33.3 Å². The van der Waals surface area contributed by atoms with Crippen molar-refractivity contribution in [3.63, 3.8) is 0 Å². The molecule has 43 heavy (non-hydrogen) atoms. The third-order valence-corrected chi connectivity index (χ3v) is 7.62. The first kappa shape index (κ1) is 29.3. The van der Waals surface area contributed by atoms with Crippen LogP contribution in [0.4, 0.5) is 0 Å². The minimum atomic E-state index is -0.851. The quantitative estimate of drug-likeness (QED) is 0.137. The molecule has 8 heteroatoms. The van der Waals surface area contributed by atoms with Crippen molar-refractivity contribution in [3.8, 4) is 40.1 Å². The predicted octanol–water partition coefficient (Wildman–Crippen LogP) is 6.60. The molecule has 4 aromatic carbocycles. The molecule has 8 nitrogen and oxygen atoms in total. The molecule has 1 atom stereocenters. The lowest BCUT2D eigenvalue weighted by Crippen LogP contribution is -2.12. The van der Waals surface area contributed by atoms with Gasteiger partial charge in [0, 0.05) is 30.0 Å². The van der Waals surface area contributed by atoms with E-state index in [1.165, 1.54) is 13.2 Å². The van der Waals surface area contributed by atoms with E-state index in [9.17, 15) is 30.0 Å². The maximum Gasteiger partial charge on any atom is 0.238 e. The number of hydrogen-bond acceptors (Lipinski definition) is 8. The Balaban J connectivity index is 1.59. The molecular weight excluding hydrogens is 548 g/mol. The summed E-state index contributed by atoms with van der Waals surface area (Å²) >= 11 is 0. The fourth-order valence-corrected chi connectivity index (χ4v) is 5.40. The Hall–Kier alpha value is -5.24. The molecule has 0 radical (unpaired) electrons.